The first-order chi connectivity index (χ1) is 8.79. The van der Waals surface area contributed by atoms with E-state index >= 15 is 0 Å². The Hall–Kier alpha value is -1.77. The molecule has 0 aliphatic heterocycles. The molecule has 1 aromatic carbocycles. The Bertz CT molecular complexity index is 574. The molecule has 1 heterocycles. The van der Waals surface area contributed by atoms with E-state index < -0.39 is 0 Å². The van der Waals surface area contributed by atoms with Gasteiger partial charge in [0.2, 0.25) is 0 Å². The highest BCUT2D eigenvalue weighted by atomic mass is 16.5. The SMILES string of the molecule is COc1cccc2c(N)cc(C3CCCC3)nc12. The van der Waals surface area contributed by atoms with E-state index in [-0.39, 0.29) is 0 Å². The van der Waals surface area contributed by atoms with Crippen LogP contribution in [0.1, 0.15) is 37.3 Å². The van der Waals surface area contributed by atoms with Crippen molar-refractivity contribution in [1.82, 2.24) is 4.98 Å². The molecule has 0 saturated heterocycles. The summed E-state index contributed by atoms with van der Waals surface area (Å²) in [4.78, 5) is 4.78. The van der Waals surface area contributed by atoms with Crippen LogP contribution < -0.4 is 10.5 Å². The number of hydrogen-bond acceptors (Lipinski definition) is 3. The summed E-state index contributed by atoms with van der Waals surface area (Å²) < 4.78 is 5.38. The summed E-state index contributed by atoms with van der Waals surface area (Å²) >= 11 is 0. The number of fused-ring (bicyclic) bond motifs is 1. The second-order valence-electron chi connectivity index (χ2n) is 4.97. The summed E-state index contributed by atoms with van der Waals surface area (Å²) in [7, 11) is 1.68. The molecule has 3 rings (SSSR count). The summed E-state index contributed by atoms with van der Waals surface area (Å²) in [5.74, 6) is 1.38. The minimum Gasteiger partial charge on any atom is -0.494 e. The highest BCUT2D eigenvalue weighted by molar-refractivity contribution is 5.94. The molecule has 0 bridgehead atoms. The summed E-state index contributed by atoms with van der Waals surface area (Å²) in [6.07, 6.45) is 5.06. The second kappa shape index (κ2) is 4.48. The lowest BCUT2D eigenvalue weighted by Gasteiger charge is -2.13. The van der Waals surface area contributed by atoms with E-state index in [1.54, 1.807) is 7.11 Å². The Morgan fingerprint density at radius 3 is 2.78 bits per heavy atom. The number of methoxy groups -OCH3 is 1. The Morgan fingerprint density at radius 1 is 1.28 bits per heavy atom. The fourth-order valence-corrected chi connectivity index (χ4v) is 2.86. The molecule has 0 radical (unpaired) electrons. The number of pyridine rings is 1. The maximum absolute atomic E-state index is 6.15. The average Bonchev–Trinajstić information content (AvgIpc) is 2.92. The predicted octanol–water partition coefficient (Wildman–Crippen LogP) is 3.48. The molecule has 1 aliphatic rings. The summed E-state index contributed by atoms with van der Waals surface area (Å²) in [6, 6.07) is 7.93. The van der Waals surface area contributed by atoms with Gasteiger partial charge in [0.25, 0.3) is 0 Å². The number of aromatic nitrogens is 1. The smallest absolute Gasteiger partial charge is 0.145 e. The van der Waals surface area contributed by atoms with Crippen molar-refractivity contribution in [2.24, 2.45) is 0 Å². The fourth-order valence-electron chi connectivity index (χ4n) is 2.86. The third-order valence-corrected chi connectivity index (χ3v) is 3.85. The number of nitrogens with two attached hydrogens (primary N) is 1. The van der Waals surface area contributed by atoms with Gasteiger partial charge < -0.3 is 10.5 Å². The molecular formula is C15H18N2O. The Morgan fingerprint density at radius 2 is 2.06 bits per heavy atom. The molecule has 3 nitrogen and oxygen atoms in total. The Kier molecular flexibility index (Phi) is 2.82. The number of nitrogens with zero attached hydrogens (tertiary/aromatic N) is 1. The molecule has 1 fully saturated rings. The molecule has 0 amide bonds. The van der Waals surface area contributed by atoms with E-state index in [0.717, 1.165) is 28.0 Å². The zero-order chi connectivity index (χ0) is 12.5. The van der Waals surface area contributed by atoms with Crippen LogP contribution in [0.3, 0.4) is 0 Å². The van der Waals surface area contributed by atoms with Gasteiger partial charge in [0, 0.05) is 22.7 Å². The molecule has 1 saturated carbocycles. The minimum absolute atomic E-state index is 0.571. The van der Waals surface area contributed by atoms with E-state index in [2.05, 4.69) is 0 Å². The van der Waals surface area contributed by atoms with Crippen LogP contribution in [0.5, 0.6) is 5.75 Å². The molecule has 0 spiro atoms. The molecule has 2 N–H and O–H groups in total. The zero-order valence-corrected chi connectivity index (χ0v) is 10.6. The van der Waals surface area contributed by atoms with Gasteiger partial charge in [0.15, 0.2) is 0 Å². The van der Waals surface area contributed by atoms with Gasteiger partial charge in [-0.3, -0.25) is 0 Å². The van der Waals surface area contributed by atoms with Gasteiger partial charge >= 0.3 is 0 Å². The van der Waals surface area contributed by atoms with Crippen LogP contribution in [0.2, 0.25) is 0 Å². The van der Waals surface area contributed by atoms with Crippen molar-refractivity contribution in [3.8, 4) is 5.75 Å². The van der Waals surface area contributed by atoms with Crippen molar-refractivity contribution in [1.29, 1.82) is 0 Å². The first-order valence-corrected chi connectivity index (χ1v) is 6.52. The van der Waals surface area contributed by atoms with Crippen LogP contribution in [0.25, 0.3) is 10.9 Å². The molecular weight excluding hydrogens is 224 g/mol. The monoisotopic (exact) mass is 242 g/mol. The number of para-hydroxylation sites is 1. The number of ether oxygens (including phenoxy) is 1. The van der Waals surface area contributed by atoms with Crippen LogP contribution in [-0.4, -0.2) is 12.1 Å². The third kappa shape index (κ3) is 1.80. The van der Waals surface area contributed by atoms with Crippen molar-refractivity contribution >= 4 is 16.6 Å². The van der Waals surface area contributed by atoms with Crippen LogP contribution in [-0.2, 0) is 0 Å². The fraction of sp³-hybridized carbons (Fsp3) is 0.400. The van der Waals surface area contributed by atoms with Crippen LogP contribution >= 0.6 is 0 Å². The largest absolute Gasteiger partial charge is 0.494 e. The van der Waals surface area contributed by atoms with Gasteiger partial charge in [-0.15, -0.1) is 0 Å². The van der Waals surface area contributed by atoms with E-state index in [9.17, 15) is 0 Å². The predicted molar refractivity (Wildman–Crippen MR) is 73.9 cm³/mol. The number of benzene rings is 1. The normalized spacial score (nSPS) is 16.3. The molecule has 3 heteroatoms. The van der Waals surface area contributed by atoms with Crippen molar-refractivity contribution in [3.63, 3.8) is 0 Å². The van der Waals surface area contributed by atoms with Crippen LogP contribution in [0.15, 0.2) is 24.3 Å². The first-order valence-electron chi connectivity index (χ1n) is 6.52. The number of anilines is 1. The number of nitrogen functional groups attached to an aromatic ring is 1. The minimum atomic E-state index is 0.571. The Balaban J connectivity index is 2.18. The number of rotatable bonds is 2. The topological polar surface area (TPSA) is 48.1 Å². The van der Waals surface area contributed by atoms with Crippen molar-refractivity contribution in [3.05, 3.63) is 30.0 Å². The summed E-state index contributed by atoms with van der Waals surface area (Å²) in [5, 5.41) is 0.982. The lowest BCUT2D eigenvalue weighted by Crippen LogP contribution is -2.01. The van der Waals surface area contributed by atoms with Crippen LogP contribution in [0, 0.1) is 0 Å². The molecule has 2 aromatic rings. The molecule has 0 atom stereocenters. The third-order valence-electron chi connectivity index (χ3n) is 3.85. The molecule has 0 unspecified atom stereocenters. The van der Waals surface area contributed by atoms with Crippen molar-refractivity contribution in [2.75, 3.05) is 12.8 Å². The van der Waals surface area contributed by atoms with E-state index in [0.29, 0.717) is 5.92 Å². The lowest BCUT2D eigenvalue weighted by molar-refractivity contribution is 0.418. The first kappa shape index (κ1) is 11.3. The summed E-state index contributed by atoms with van der Waals surface area (Å²) in [6.45, 7) is 0. The van der Waals surface area contributed by atoms with Gasteiger partial charge in [-0.1, -0.05) is 25.0 Å². The molecule has 18 heavy (non-hydrogen) atoms. The van der Waals surface area contributed by atoms with Gasteiger partial charge in [-0.05, 0) is 25.0 Å². The van der Waals surface area contributed by atoms with Gasteiger partial charge in [-0.2, -0.15) is 0 Å². The van der Waals surface area contributed by atoms with E-state index in [1.807, 2.05) is 24.3 Å². The van der Waals surface area contributed by atoms with Crippen LogP contribution in [0.4, 0.5) is 5.69 Å². The highest BCUT2D eigenvalue weighted by Gasteiger charge is 2.20. The lowest BCUT2D eigenvalue weighted by atomic mass is 10.0. The van der Waals surface area contributed by atoms with Crippen molar-refractivity contribution in [2.45, 2.75) is 31.6 Å². The van der Waals surface area contributed by atoms with Gasteiger partial charge in [-0.25, -0.2) is 4.98 Å². The van der Waals surface area contributed by atoms with Gasteiger partial charge in [0.05, 0.1) is 7.11 Å². The summed E-state index contributed by atoms with van der Waals surface area (Å²) in [5.41, 5.74) is 8.98. The maximum Gasteiger partial charge on any atom is 0.145 e. The molecule has 1 aromatic heterocycles. The number of hydrogen-bond donors (Lipinski definition) is 1. The zero-order valence-electron chi connectivity index (χ0n) is 10.6. The highest BCUT2D eigenvalue weighted by Crippen LogP contribution is 2.36. The maximum atomic E-state index is 6.15. The average molecular weight is 242 g/mol. The standard InChI is InChI=1S/C15H18N2O/c1-18-14-8-4-7-11-12(16)9-13(17-15(11)14)10-5-2-3-6-10/h4,7-10H,2-3,5-6H2,1H3,(H2,16,17). The quantitative estimate of drug-likeness (QED) is 0.877. The second-order valence-corrected chi connectivity index (χ2v) is 4.97. The van der Waals surface area contributed by atoms with E-state index in [4.69, 9.17) is 15.5 Å². The molecule has 94 valence electrons. The van der Waals surface area contributed by atoms with Gasteiger partial charge in [0.1, 0.15) is 11.3 Å². The van der Waals surface area contributed by atoms with Crippen molar-refractivity contribution < 1.29 is 4.74 Å². The molecule has 1 aliphatic carbocycles. The van der Waals surface area contributed by atoms with E-state index in [1.165, 1.54) is 25.7 Å². The Labute approximate surface area is 107 Å².